The van der Waals surface area contributed by atoms with E-state index in [1.54, 1.807) is 20.8 Å². The number of hydrogen-bond acceptors (Lipinski definition) is 5. The fourth-order valence-electron chi connectivity index (χ4n) is 1.90. The molecule has 0 bridgehead atoms. The summed E-state index contributed by atoms with van der Waals surface area (Å²) in [5.74, 6) is -0.920. The monoisotopic (exact) mass is 318 g/mol. The average Bonchev–Trinajstić information content (AvgIpc) is 2.05. The van der Waals surface area contributed by atoms with Crippen LogP contribution in [-0.4, -0.2) is 66.5 Å². The molecule has 0 heterocycles. The van der Waals surface area contributed by atoms with Crippen LogP contribution in [0.3, 0.4) is 0 Å². The standard InChI is InChI=1S/C16H32NO5/c1-15(2,3)22-13(18)9-12(11-17(6,7)8)21-14(19)10-16(4,5)20/h12,20H,9-11H2,1-8H3/q+1. The lowest BCUT2D eigenvalue weighted by atomic mass is 10.1. The number of ether oxygens (including phenoxy) is 2. The number of hydrogen-bond donors (Lipinski definition) is 1. The lowest BCUT2D eigenvalue weighted by Gasteiger charge is -2.30. The minimum atomic E-state index is -1.13. The third-order valence-electron chi connectivity index (χ3n) is 2.44. The highest BCUT2D eigenvalue weighted by Gasteiger charge is 2.29. The summed E-state index contributed by atoms with van der Waals surface area (Å²) in [6.45, 7) is 8.94. The maximum atomic E-state index is 12.0. The van der Waals surface area contributed by atoms with Crippen molar-refractivity contribution in [1.82, 2.24) is 0 Å². The number of carbonyl (C=O) groups excluding carboxylic acids is 2. The van der Waals surface area contributed by atoms with Gasteiger partial charge in [-0.1, -0.05) is 0 Å². The molecular formula is C16H32NO5+. The third kappa shape index (κ3) is 12.6. The van der Waals surface area contributed by atoms with Gasteiger partial charge in [0.2, 0.25) is 0 Å². The Labute approximate surface area is 134 Å². The molecule has 130 valence electrons. The van der Waals surface area contributed by atoms with Gasteiger partial charge in [-0.3, -0.25) is 9.59 Å². The quantitative estimate of drug-likeness (QED) is 0.569. The molecule has 1 N–H and O–H groups in total. The van der Waals surface area contributed by atoms with Gasteiger partial charge in [-0.25, -0.2) is 0 Å². The maximum Gasteiger partial charge on any atom is 0.310 e. The Morgan fingerprint density at radius 3 is 1.91 bits per heavy atom. The summed E-state index contributed by atoms with van der Waals surface area (Å²) in [5.41, 5.74) is -1.71. The van der Waals surface area contributed by atoms with E-state index in [4.69, 9.17) is 9.47 Å². The molecule has 0 aliphatic carbocycles. The molecule has 1 atom stereocenters. The molecule has 6 heteroatoms. The van der Waals surface area contributed by atoms with E-state index in [0.29, 0.717) is 11.0 Å². The Morgan fingerprint density at radius 2 is 1.55 bits per heavy atom. The molecular weight excluding hydrogens is 286 g/mol. The number of rotatable bonds is 7. The summed E-state index contributed by atoms with van der Waals surface area (Å²) in [5, 5.41) is 9.67. The minimum absolute atomic E-state index is 0.00435. The number of likely N-dealkylation sites (N-methyl/N-ethyl adjacent to an activating group) is 1. The Balaban J connectivity index is 4.77. The molecule has 0 amide bonds. The van der Waals surface area contributed by atoms with Gasteiger partial charge in [-0.15, -0.1) is 0 Å². The fourth-order valence-corrected chi connectivity index (χ4v) is 1.90. The fraction of sp³-hybridized carbons (Fsp3) is 0.875. The summed E-state index contributed by atoms with van der Waals surface area (Å²) in [6, 6.07) is 0. The van der Waals surface area contributed by atoms with Gasteiger partial charge in [0.15, 0.2) is 6.10 Å². The zero-order chi connectivity index (χ0) is 17.8. The van der Waals surface area contributed by atoms with Crippen LogP contribution in [-0.2, 0) is 19.1 Å². The van der Waals surface area contributed by atoms with E-state index in [1.807, 2.05) is 21.1 Å². The lowest BCUT2D eigenvalue weighted by molar-refractivity contribution is -0.873. The molecule has 0 aliphatic heterocycles. The molecule has 0 saturated carbocycles. The van der Waals surface area contributed by atoms with Crippen LogP contribution in [0, 0.1) is 0 Å². The molecule has 0 aromatic rings. The van der Waals surface area contributed by atoms with Crippen molar-refractivity contribution in [2.24, 2.45) is 0 Å². The number of aliphatic hydroxyl groups is 1. The molecule has 0 aromatic carbocycles. The Hall–Kier alpha value is -1.14. The second kappa shape index (κ2) is 7.42. The van der Waals surface area contributed by atoms with Crippen LogP contribution >= 0.6 is 0 Å². The zero-order valence-corrected chi connectivity index (χ0v) is 15.2. The van der Waals surface area contributed by atoms with Crippen LogP contribution in [0.25, 0.3) is 0 Å². The molecule has 0 aliphatic rings. The van der Waals surface area contributed by atoms with Gasteiger partial charge in [0.1, 0.15) is 12.1 Å². The first-order valence-corrected chi connectivity index (χ1v) is 7.51. The molecule has 0 aromatic heterocycles. The molecule has 0 spiro atoms. The number of esters is 2. The van der Waals surface area contributed by atoms with E-state index in [1.165, 1.54) is 13.8 Å². The first kappa shape index (κ1) is 20.9. The Kier molecular flexibility index (Phi) is 7.03. The Bertz CT molecular complexity index is 355. The third-order valence-corrected chi connectivity index (χ3v) is 2.44. The van der Waals surface area contributed by atoms with Crippen LogP contribution < -0.4 is 0 Å². The van der Waals surface area contributed by atoms with Crippen molar-refractivity contribution >= 4 is 11.9 Å². The predicted molar refractivity (Wildman–Crippen MR) is 84.2 cm³/mol. The van der Waals surface area contributed by atoms with E-state index >= 15 is 0 Å². The molecule has 0 radical (unpaired) electrons. The predicted octanol–water partition coefficient (Wildman–Crippen LogP) is 1.50. The first-order valence-electron chi connectivity index (χ1n) is 7.51. The van der Waals surface area contributed by atoms with Crippen molar-refractivity contribution in [1.29, 1.82) is 0 Å². The van der Waals surface area contributed by atoms with E-state index in [-0.39, 0.29) is 12.8 Å². The van der Waals surface area contributed by atoms with E-state index in [2.05, 4.69) is 0 Å². The smallest absolute Gasteiger partial charge is 0.310 e. The largest absolute Gasteiger partial charge is 0.460 e. The normalized spacial score (nSPS) is 14.4. The molecule has 1 unspecified atom stereocenters. The van der Waals surface area contributed by atoms with Crippen molar-refractivity contribution < 1.29 is 28.7 Å². The SMILES string of the molecule is CC(C)(O)CC(=O)OC(CC(=O)OC(C)(C)C)C[N+](C)(C)C. The molecule has 22 heavy (non-hydrogen) atoms. The van der Waals surface area contributed by atoms with Gasteiger partial charge in [-0.2, -0.15) is 0 Å². The highest BCUT2D eigenvalue weighted by atomic mass is 16.6. The second-order valence-electron chi connectivity index (χ2n) is 8.36. The summed E-state index contributed by atoms with van der Waals surface area (Å²) in [4.78, 5) is 23.8. The summed E-state index contributed by atoms with van der Waals surface area (Å²) in [7, 11) is 5.85. The van der Waals surface area contributed by atoms with E-state index in [0.717, 1.165) is 0 Å². The van der Waals surface area contributed by atoms with Crippen LogP contribution in [0.2, 0.25) is 0 Å². The number of quaternary nitrogens is 1. The number of nitrogens with zero attached hydrogens (tertiary/aromatic N) is 1. The van der Waals surface area contributed by atoms with Crippen molar-refractivity contribution in [2.75, 3.05) is 27.7 Å². The average molecular weight is 318 g/mol. The van der Waals surface area contributed by atoms with Crippen LogP contribution in [0.15, 0.2) is 0 Å². The minimum Gasteiger partial charge on any atom is -0.460 e. The van der Waals surface area contributed by atoms with Gasteiger partial charge in [0, 0.05) is 0 Å². The highest BCUT2D eigenvalue weighted by molar-refractivity contribution is 5.73. The van der Waals surface area contributed by atoms with Gasteiger partial charge in [0.05, 0.1) is 39.6 Å². The number of carbonyl (C=O) groups is 2. The van der Waals surface area contributed by atoms with E-state index in [9.17, 15) is 14.7 Å². The topological polar surface area (TPSA) is 72.8 Å². The highest BCUT2D eigenvalue weighted by Crippen LogP contribution is 2.15. The van der Waals surface area contributed by atoms with Crippen LogP contribution in [0.4, 0.5) is 0 Å². The van der Waals surface area contributed by atoms with Gasteiger partial charge >= 0.3 is 11.9 Å². The Morgan fingerprint density at radius 1 is 1.05 bits per heavy atom. The van der Waals surface area contributed by atoms with Crippen molar-refractivity contribution in [3.63, 3.8) is 0 Å². The van der Waals surface area contributed by atoms with Crippen molar-refractivity contribution in [2.45, 2.75) is 64.8 Å². The summed E-state index contributed by atoms with van der Waals surface area (Å²) in [6.07, 6.45) is -0.691. The van der Waals surface area contributed by atoms with Gasteiger partial charge in [0.25, 0.3) is 0 Å². The summed E-state index contributed by atoms with van der Waals surface area (Å²) < 4.78 is 11.2. The first-order chi connectivity index (χ1) is 9.57. The second-order valence-corrected chi connectivity index (χ2v) is 8.36. The summed E-state index contributed by atoms with van der Waals surface area (Å²) >= 11 is 0. The zero-order valence-electron chi connectivity index (χ0n) is 15.2. The van der Waals surface area contributed by atoms with Gasteiger partial charge in [-0.05, 0) is 34.6 Å². The van der Waals surface area contributed by atoms with E-state index < -0.39 is 29.2 Å². The molecule has 6 nitrogen and oxygen atoms in total. The lowest BCUT2D eigenvalue weighted by Crippen LogP contribution is -2.44. The molecule has 0 saturated heterocycles. The van der Waals surface area contributed by atoms with Crippen molar-refractivity contribution in [3.05, 3.63) is 0 Å². The molecule has 0 fully saturated rings. The molecule has 0 rings (SSSR count). The van der Waals surface area contributed by atoms with Gasteiger partial charge < -0.3 is 19.1 Å². The maximum absolute atomic E-state index is 12.0. The van der Waals surface area contributed by atoms with Crippen LogP contribution in [0.5, 0.6) is 0 Å². The van der Waals surface area contributed by atoms with Crippen LogP contribution in [0.1, 0.15) is 47.5 Å². The van der Waals surface area contributed by atoms with Crippen molar-refractivity contribution in [3.8, 4) is 0 Å².